The zero-order chi connectivity index (χ0) is 14.8. The molecule has 0 spiro atoms. The first-order chi connectivity index (χ1) is 9.55. The van der Waals surface area contributed by atoms with Crippen molar-refractivity contribution in [1.82, 2.24) is 15.2 Å². The van der Waals surface area contributed by atoms with Crippen LogP contribution in [-0.2, 0) is 19.4 Å². The molecule has 0 radical (unpaired) electrons. The molecule has 1 fully saturated rings. The summed E-state index contributed by atoms with van der Waals surface area (Å²) >= 11 is 3.74. The second-order valence-electron chi connectivity index (χ2n) is 6.16. The van der Waals surface area contributed by atoms with Crippen molar-refractivity contribution in [2.45, 2.75) is 71.9 Å². The molecule has 0 aromatic carbocycles. The standard InChI is InChI=1S/C15H27BrN4/c1-4-11-14(16)12(20(5-2)19-11)10-13(18-17)15(3)8-6-7-9-15/h13,18H,4-10,17H2,1-3H3. The molecule has 1 aliphatic rings. The molecular weight excluding hydrogens is 316 g/mol. The molecule has 4 nitrogen and oxygen atoms in total. The van der Waals surface area contributed by atoms with Crippen LogP contribution >= 0.6 is 15.9 Å². The summed E-state index contributed by atoms with van der Waals surface area (Å²) in [6.45, 7) is 7.56. The first-order valence-electron chi connectivity index (χ1n) is 7.76. The molecule has 0 saturated heterocycles. The second-order valence-corrected chi connectivity index (χ2v) is 6.95. The van der Waals surface area contributed by atoms with E-state index in [4.69, 9.17) is 5.84 Å². The summed E-state index contributed by atoms with van der Waals surface area (Å²) in [5, 5.41) is 4.68. The largest absolute Gasteiger partial charge is 0.271 e. The van der Waals surface area contributed by atoms with Crippen molar-refractivity contribution in [3.8, 4) is 0 Å². The average Bonchev–Trinajstić information content (AvgIpc) is 3.01. The Labute approximate surface area is 130 Å². The minimum atomic E-state index is 0.309. The fourth-order valence-corrected chi connectivity index (χ4v) is 4.17. The van der Waals surface area contributed by atoms with Gasteiger partial charge in [0.1, 0.15) is 0 Å². The van der Waals surface area contributed by atoms with Gasteiger partial charge < -0.3 is 0 Å². The SMILES string of the molecule is CCc1nn(CC)c(CC(NN)C2(C)CCCC2)c1Br. The summed E-state index contributed by atoms with van der Waals surface area (Å²) in [7, 11) is 0. The lowest BCUT2D eigenvalue weighted by atomic mass is 9.79. The summed E-state index contributed by atoms with van der Waals surface area (Å²) in [6.07, 6.45) is 7.07. The van der Waals surface area contributed by atoms with Crippen molar-refractivity contribution in [2.24, 2.45) is 11.3 Å². The van der Waals surface area contributed by atoms with Crippen LogP contribution in [0.5, 0.6) is 0 Å². The van der Waals surface area contributed by atoms with Gasteiger partial charge in [0.25, 0.3) is 0 Å². The van der Waals surface area contributed by atoms with Crippen LogP contribution in [-0.4, -0.2) is 15.8 Å². The smallest absolute Gasteiger partial charge is 0.0766 e. The maximum absolute atomic E-state index is 5.87. The van der Waals surface area contributed by atoms with E-state index in [0.717, 1.165) is 25.1 Å². The Bertz CT molecular complexity index is 449. The number of nitrogens with one attached hydrogen (secondary N) is 1. The van der Waals surface area contributed by atoms with Gasteiger partial charge in [0, 0.05) is 19.0 Å². The number of hydrogen-bond donors (Lipinski definition) is 2. The maximum Gasteiger partial charge on any atom is 0.0766 e. The zero-order valence-corrected chi connectivity index (χ0v) is 14.5. The van der Waals surface area contributed by atoms with E-state index in [1.807, 2.05) is 0 Å². The molecule has 0 amide bonds. The van der Waals surface area contributed by atoms with Crippen LogP contribution in [0, 0.1) is 5.41 Å². The lowest BCUT2D eigenvalue weighted by Crippen LogP contribution is -2.47. The highest BCUT2D eigenvalue weighted by Gasteiger charge is 2.37. The Morgan fingerprint density at radius 2 is 2.05 bits per heavy atom. The van der Waals surface area contributed by atoms with Gasteiger partial charge >= 0.3 is 0 Å². The molecule has 1 aromatic rings. The monoisotopic (exact) mass is 342 g/mol. The Morgan fingerprint density at radius 3 is 2.55 bits per heavy atom. The first-order valence-corrected chi connectivity index (χ1v) is 8.55. The molecule has 0 bridgehead atoms. The normalized spacial score (nSPS) is 19.4. The highest BCUT2D eigenvalue weighted by molar-refractivity contribution is 9.10. The molecule has 1 aliphatic carbocycles. The van der Waals surface area contributed by atoms with E-state index in [1.165, 1.54) is 35.8 Å². The van der Waals surface area contributed by atoms with Crippen molar-refractivity contribution < 1.29 is 0 Å². The van der Waals surface area contributed by atoms with Gasteiger partial charge in [-0.3, -0.25) is 16.0 Å². The minimum Gasteiger partial charge on any atom is -0.271 e. The van der Waals surface area contributed by atoms with E-state index in [9.17, 15) is 0 Å². The molecule has 1 aromatic heterocycles. The lowest BCUT2D eigenvalue weighted by molar-refractivity contribution is 0.217. The van der Waals surface area contributed by atoms with Gasteiger partial charge in [-0.05, 0) is 47.5 Å². The van der Waals surface area contributed by atoms with Crippen LogP contribution in [0.2, 0.25) is 0 Å². The van der Waals surface area contributed by atoms with E-state index in [1.54, 1.807) is 0 Å². The molecule has 1 unspecified atom stereocenters. The van der Waals surface area contributed by atoms with Gasteiger partial charge in [0.05, 0.1) is 15.9 Å². The van der Waals surface area contributed by atoms with Gasteiger partial charge in [-0.25, -0.2) is 0 Å². The molecule has 1 saturated carbocycles. The molecule has 20 heavy (non-hydrogen) atoms. The molecular formula is C15H27BrN4. The Morgan fingerprint density at radius 1 is 1.40 bits per heavy atom. The molecule has 1 atom stereocenters. The summed E-state index contributed by atoms with van der Waals surface area (Å²) in [4.78, 5) is 0. The highest BCUT2D eigenvalue weighted by atomic mass is 79.9. The van der Waals surface area contributed by atoms with Gasteiger partial charge in [0.15, 0.2) is 0 Å². The third-order valence-electron chi connectivity index (χ3n) is 4.88. The molecule has 114 valence electrons. The minimum absolute atomic E-state index is 0.309. The van der Waals surface area contributed by atoms with Gasteiger partial charge in [-0.15, -0.1) is 0 Å². The summed E-state index contributed by atoms with van der Waals surface area (Å²) in [5.74, 6) is 5.87. The van der Waals surface area contributed by atoms with Crippen molar-refractivity contribution >= 4 is 15.9 Å². The number of rotatable bonds is 6. The molecule has 1 heterocycles. The number of aromatic nitrogens is 2. The van der Waals surface area contributed by atoms with Crippen LogP contribution in [0.1, 0.15) is 57.8 Å². The third kappa shape index (κ3) is 2.95. The fraction of sp³-hybridized carbons (Fsp3) is 0.800. The number of aryl methyl sites for hydroxylation is 2. The highest BCUT2D eigenvalue weighted by Crippen LogP contribution is 2.42. The van der Waals surface area contributed by atoms with E-state index in [-0.39, 0.29) is 0 Å². The number of nitrogens with zero attached hydrogens (tertiary/aromatic N) is 2. The van der Waals surface area contributed by atoms with Crippen LogP contribution in [0.25, 0.3) is 0 Å². The second kappa shape index (κ2) is 6.58. The number of hydrogen-bond acceptors (Lipinski definition) is 3. The van der Waals surface area contributed by atoms with Gasteiger partial charge in [-0.2, -0.15) is 5.10 Å². The Hall–Kier alpha value is -0.390. The maximum atomic E-state index is 5.87. The molecule has 0 aliphatic heterocycles. The van der Waals surface area contributed by atoms with Crippen molar-refractivity contribution in [3.63, 3.8) is 0 Å². The first kappa shape index (κ1) is 16.0. The van der Waals surface area contributed by atoms with Crippen LogP contribution in [0.15, 0.2) is 4.47 Å². The van der Waals surface area contributed by atoms with E-state index in [2.05, 4.69) is 51.9 Å². The quantitative estimate of drug-likeness (QED) is 0.616. The third-order valence-corrected chi connectivity index (χ3v) is 5.80. The van der Waals surface area contributed by atoms with Crippen molar-refractivity contribution in [3.05, 3.63) is 15.9 Å². The van der Waals surface area contributed by atoms with E-state index in [0.29, 0.717) is 11.5 Å². The van der Waals surface area contributed by atoms with Crippen LogP contribution < -0.4 is 11.3 Å². The number of halogens is 1. The Balaban J connectivity index is 2.25. The van der Waals surface area contributed by atoms with Crippen LogP contribution in [0.4, 0.5) is 0 Å². The van der Waals surface area contributed by atoms with Gasteiger partial charge in [-0.1, -0.05) is 26.7 Å². The molecule has 3 N–H and O–H groups in total. The lowest BCUT2D eigenvalue weighted by Gasteiger charge is -2.33. The number of nitrogens with two attached hydrogens (primary N) is 1. The van der Waals surface area contributed by atoms with Crippen molar-refractivity contribution in [2.75, 3.05) is 0 Å². The predicted molar refractivity (Wildman–Crippen MR) is 86.4 cm³/mol. The van der Waals surface area contributed by atoms with Crippen LogP contribution in [0.3, 0.4) is 0 Å². The van der Waals surface area contributed by atoms with Crippen molar-refractivity contribution in [1.29, 1.82) is 0 Å². The summed E-state index contributed by atoms with van der Waals surface area (Å²) in [5.41, 5.74) is 5.81. The number of hydrazine groups is 1. The zero-order valence-electron chi connectivity index (χ0n) is 12.9. The predicted octanol–water partition coefficient (Wildman–Crippen LogP) is 3.18. The summed E-state index contributed by atoms with van der Waals surface area (Å²) < 4.78 is 3.29. The average molecular weight is 343 g/mol. The fourth-order valence-electron chi connectivity index (χ4n) is 3.44. The summed E-state index contributed by atoms with van der Waals surface area (Å²) in [6, 6.07) is 0.313. The Kier molecular flexibility index (Phi) is 5.26. The molecule has 2 rings (SSSR count). The topological polar surface area (TPSA) is 55.9 Å². The molecule has 5 heteroatoms. The van der Waals surface area contributed by atoms with Gasteiger partial charge in [0.2, 0.25) is 0 Å². The van der Waals surface area contributed by atoms with E-state index >= 15 is 0 Å². The van der Waals surface area contributed by atoms with E-state index < -0.39 is 0 Å².